The molecule has 14 heavy (non-hydrogen) atoms. The second-order valence-corrected chi connectivity index (χ2v) is 2.85. The number of aliphatic hydroxyl groups excluding tert-OH is 1. The number of aromatic nitrogens is 4. The average Bonchev–Trinajstić information content (AvgIpc) is 2.50. The number of rotatable bonds is 2. The maximum atomic E-state index is 9.15. The zero-order valence-corrected chi connectivity index (χ0v) is 7.52. The maximum absolute atomic E-state index is 9.15. The maximum Gasteiger partial charge on any atom is 0.224 e. The fraction of sp³-hybridized carbons (Fsp3) is 0.286. The molecule has 0 saturated carbocycles. The van der Waals surface area contributed by atoms with Gasteiger partial charge >= 0.3 is 0 Å². The first kappa shape index (κ1) is 8.70. The summed E-state index contributed by atoms with van der Waals surface area (Å²) < 4.78 is 0. The van der Waals surface area contributed by atoms with Gasteiger partial charge in [0.15, 0.2) is 11.5 Å². The van der Waals surface area contributed by atoms with Crippen LogP contribution in [0.2, 0.25) is 0 Å². The van der Waals surface area contributed by atoms with Gasteiger partial charge in [-0.1, -0.05) is 0 Å². The molecule has 0 saturated heterocycles. The van der Waals surface area contributed by atoms with Gasteiger partial charge in [0.1, 0.15) is 11.7 Å². The van der Waals surface area contributed by atoms with E-state index in [1.54, 1.807) is 6.92 Å². The third kappa shape index (κ3) is 1.44. The molecule has 5 N–H and O–H groups in total. The molecule has 7 heteroatoms. The van der Waals surface area contributed by atoms with E-state index >= 15 is 0 Å². The molecule has 2 aromatic heterocycles. The summed E-state index contributed by atoms with van der Waals surface area (Å²) in [5.41, 5.74) is 6.56. The number of fused-ring (bicyclic) bond motifs is 1. The Bertz CT molecular complexity index is 450. The number of nitrogens with zero attached hydrogens (tertiary/aromatic N) is 3. The van der Waals surface area contributed by atoms with Gasteiger partial charge < -0.3 is 21.1 Å². The van der Waals surface area contributed by atoms with Crippen molar-refractivity contribution in [2.75, 3.05) is 11.1 Å². The van der Waals surface area contributed by atoms with Crippen LogP contribution in [0.5, 0.6) is 0 Å². The van der Waals surface area contributed by atoms with E-state index in [-0.39, 0.29) is 5.95 Å². The first-order valence-electron chi connectivity index (χ1n) is 4.08. The first-order valence-corrected chi connectivity index (χ1v) is 4.08. The Morgan fingerprint density at radius 2 is 2.36 bits per heavy atom. The van der Waals surface area contributed by atoms with Crippen molar-refractivity contribution in [3.05, 3.63) is 6.33 Å². The number of nitrogens with two attached hydrogens (primary N) is 1. The number of hydrogen-bond acceptors (Lipinski definition) is 6. The third-order valence-electron chi connectivity index (χ3n) is 1.65. The van der Waals surface area contributed by atoms with Crippen molar-refractivity contribution in [2.45, 2.75) is 13.2 Å². The van der Waals surface area contributed by atoms with E-state index in [4.69, 9.17) is 10.8 Å². The van der Waals surface area contributed by atoms with Crippen LogP contribution in [0.1, 0.15) is 6.92 Å². The van der Waals surface area contributed by atoms with Crippen molar-refractivity contribution in [3.8, 4) is 0 Å². The molecule has 0 aromatic carbocycles. The predicted molar refractivity (Wildman–Crippen MR) is 51.4 cm³/mol. The van der Waals surface area contributed by atoms with Gasteiger partial charge in [-0.3, -0.25) is 0 Å². The summed E-state index contributed by atoms with van der Waals surface area (Å²) in [5, 5.41) is 11.9. The lowest BCUT2D eigenvalue weighted by molar-refractivity contribution is 0.224. The van der Waals surface area contributed by atoms with Crippen molar-refractivity contribution < 1.29 is 5.11 Å². The molecule has 0 spiro atoms. The van der Waals surface area contributed by atoms with E-state index in [1.807, 2.05) is 0 Å². The molecule has 7 nitrogen and oxygen atoms in total. The largest absolute Gasteiger partial charge is 0.374 e. The van der Waals surface area contributed by atoms with E-state index in [0.29, 0.717) is 17.0 Å². The van der Waals surface area contributed by atoms with Crippen molar-refractivity contribution in [3.63, 3.8) is 0 Å². The smallest absolute Gasteiger partial charge is 0.224 e. The molecule has 1 atom stereocenters. The molecule has 1 unspecified atom stereocenters. The topological polar surface area (TPSA) is 113 Å². The van der Waals surface area contributed by atoms with E-state index in [9.17, 15) is 0 Å². The lowest BCUT2D eigenvalue weighted by Gasteiger charge is -2.08. The van der Waals surface area contributed by atoms with Gasteiger partial charge in [-0.2, -0.15) is 9.97 Å². The predicted octanol–water partition coefficient (Wildman–Crippen LogP) is -0.315. The molecule has 0 bridgehead atoms. The zero-order chi connectivity index (χ0) is 10.1. The van der Waals surface area contributed by atoms with Gasteiger partial charge in [-0.15, -0.1) is 0 Å². The number of imidazole rings is 1. The lowest BCUT2D eigenvalue weighted by atomic mass is 10.4. The molecule has 0 aliphatic rings. The fourth-order valence-electron chi connectivity index (χ4n) is 1.15. The molecule has 0 radical (unpaired) electrons. The van der Waals surface area contributed by atoms with Gasteiger partial charge in [0, 0.05) is 0 Å². The monoisotopic (exact) mass is 194 g/mol. The van der Waals surface area contributed by atoms with Crippen LogP contribution in [0.15, 0.2) is 6.33 Å². The van der Waals surface area contributed by atoms with Crippen molar-refractivity contribution in [1.82, 2.24) is 19.9 Å². The van der Waals surface area contributed by atoms with Crippen LogP contribution in [-0.4, -0.2) is 31.3 Å². The highest BCUT2D eigenvalue weighted by molar-refractivity contribution is 5.83. The summed E-state index contributed by atoms with van der Waals surface area (Å²) in [7, 11) is 0. The van der Waals surface area contributed by atoms with Crippen LogP contribution in [0.3, 0.4) is 0 Å². The molecule has 0 fully saturated rings. The quantitative estimate of drug-likeness (QED) is 0.487. The Labute approximate surface area is 79.4 Å². The normalized spacial score (nSPS) is 13.0. The number of aliphatic hydroxyl groups is 1. The molecule has 74 valence electrons. The van der Waals surface area contributed by atoms with E-state index in [2.05, 4.69) is 25.3 Å². The molecule has 0 aliphatic heterocycles. The summed E-state index contributed by atoms with van der Waals surface area (Å²) in [6.07, 6.45) is 0.780. The molecule has 0 amide bonds. The number of H-pyrrole nitrogens is 1. The zero-order valence-electron chi connectivity index (χ0n) is 7.52. The number of nitrogen functional groups attached to an aromatic ring is 1. The minimum atomic E-state index is -0.712. The summed E-state index contributed by atoms with van der Waals surface area (Å²) in [6.45, 7) is 1.58. The van der Waals surface area contributed by atoms with Crippen molar-refractivity contribution in [2.24, 2.45) is 0 Å². The number of anilines is 2. The third-order valence-corrected chi connectivity index (χ3v) is 1.65. The highest BCUT2D eigenvalue weighted by Crippen LogP contribution is 2.17. The van der Waals surface area contributed by atoms with Crippen LogP contribution in [-0.2, 0) is 0 Å². The van der Waals surface area contributed by atoms with Crippen molar-refractivity contribution >= 4 is 22.9 Å². The Morgan fingerprint density at radius 3 is 3.07 bits per heavy atom. The van der Waals surface area contributed by atoms with Gasteiger partial charge in [0.2, 0.25) is 5.95 Å². The van der Waals surface area contributed by atoms with E-state index in [0.717, 1.165) is 0 Å². The summed E-state index contributed by atoms with van der Waals surface area (Å²) >= 11 is 0. The van der Waals surface area contributed by atoms with Gasteiger partial charge in [0.25, 0.3) is 0 Å². The van der Waals surface area contributed by atoms with Gasteiger partial charge in [0.05, 0.1) is 6.33 Å². The lowest BCUT2D eigenvalue weighted by Crippen LogP contribution is -2.15. The van der Waals surface area contributed by atoms with Crippen LogP contribution in [0.4, 0.5) is 11.8 Å². The average molecular weight is 194 g/mol. The van der Waals surface area contributed by atoms with Crippen LogP contribution in [0, 0.1) is 0 Å². The summed E-state index contributed by atoms with van der Waals surface area (Å²) in [4.78, 5) is 14.6. The second kappa shape index (κ2) is 3.11. The minimum Gasteiger partial charge on any atom is -0.374 e. The van der Waals surface area contributed by atoms with E-state index < -0.39 is 6.23 Å². The molecular weight excluding hydrogens is 184 g/mol. The Kier molecular flexibility index (Phi) is 1.93. The van der Waals surface area contributed by atoms with Crippen LogP contribution < -0.4 is 11.1 Å². The highest BCUT2D eigenvalue weighted by Gasteiger charge is 2.08. The molecule has 2 heterocycles. The Hall–Kier alpha value is -1.89. The van der Waals surface area contributed by atoms with Crippen molar-refractivity contribution in [1.29, 1.82) is 0 Å². The second-order valence-electron chi connectivity index (χ2n) is 2.85. The molecule has 2 aromatic rings. The van der Waals surface area contributed by atoms with Crippen LogP contribution >= 0.6 is 0 Å². The number of aromatic amines is 1. The van der Waals surface area contributed by atoms with Crippen LogP contribution in [0.25, 0.3) is 11.2 Å². The molecule has 0 aliphatic carbocycles. The SMILES string of the molecule is CC(O)Nc1nc(N)nc2nc[nH]c12. The molecular formula is C7H10N6O. The van der Waals surface area contributed by atoms with E-state index in [1.165, 1.54) is 6.33 Å². The molecule has 2 rings (SSSR count). The highest BCUT2D eigenvalue weighted by atomic mass is 16.3. The Balaban J connectivity index is 2.55. The first-order chi connectivity index (χ1) is 6.66. The standard InChI is InChI=1S/C7H10N6O/c1-3(14)11-6-4-5(10-2-9-4)12-7(8)13-6/h2-3,14H,1H3,(H4,8,9,10,11,12,13). The van der Waals surface area contributed by atoms with Gasteiger partial charge in [-0.05, 0) is 6.92 Å². The summed E-state index contributed by atoms with van der Waals surface area (Å²) in [6, 6.07) is 0. The Morgan fingerprint density at radius 1 is 1.57 bits per heavy atom. The van der Waals surface area contributed by atoms with Gasteiger partial charge in [-0.25, -0.2) is 4.98 Å². The minimum absolute atomic E-state index is 0.118. The number of hydrogen-bond donors (Lipinski definition) is 4. The number of nitrogens with one attached hydrogen (secondary N) is 2. The summed E-state index contributed by atoms with van der Waals surface area (Å²) in [5.74, 6) is 0.563. The fourth-order valence-corrected chi connectivity index (χ4v) is 1.15.